The van der Waals surface area contributed by atoms with Crippen LogP contribution in [0.3, 0.4) is 0 Å². The van der Waals surface area contributed by atoms with Gasteiger partial charge in [0.05, 0.1) is 53.6 Å². The number of carbonyl (C=O) groups is 2. The molecule has 0 spiro atoms. The van der Waals surface area contributed by atoms with Crippen molar-refractivity contribution in [3.05, 3.63) is 245 Å². The predicted molar refractivity (Wildman–Crippen MR) is 570 cm³/mol. The summed E-state index contributed by atoms with van der Waals surface area (Å²) in [6.07, 6.45) is 17.3. The molecular formula is C105H150Cl6F4N8O12S4. The molecule has 0 amide bonds. The first-order valence-corrected chi connectivity index (χ1v) is 54.3. The lowest BCUT2D eigenvalue weighted by Crippen LogP contribution is -2.38. The topological polar surface area (TPSA) is 270 Å². The average Bonchev–Trinajstić information content (AvgIpc) is 0.816. The lowest BCUT2D eigenvalue weighted by Gasteiger charge is -2.33. The van der Waals surface area contributed by atoms with E-state index >= 15 is 0 Å². The number of piperidine rings is 8. The molecule has 1 atom stereocenters. The first-order chi connectivity index (χ1) is 64.4. The maximum absolute atomic E-state index is 13.6. The van der Waals surface area contributed by atoms with Crippen molar-refractivity contribution in [1.82, 2.24) is 42.5 Å². The second-order valence-corrected chi connectivity index (χ2v) is 45.0. The SMILES string of the molecule is CC(C(=O)C1CCNCC1)c1ccccc1F.CC1(COc2ccccc2Cl)CCNCC1.COc1ccccc1OCC1(C)CCNCC1.CS(=O)(=O)c1ccccc1CC(=O)C1CCNCC1.Cc1ccccc1OCC1(C)CCNCC1.Cl.Cl.Cl.Cl.Cl.Fc1ccccc1SCC1CCNCC1.O=S(=O)(CC1CCNCC1)c1ccccc1F.O=S(=O)(Cc1ccccc1F)C1CCNCC1. The number of sulfone groups is 3. The maximum Gasteiger partial charge on any atom is 0.181 e. The fraction of sp³-hybridized carbons (Fsp3) is 0.524. The summed E-state index contributed by atoms with van der Waals surface area (Å²) < 4.78 is 148. The molecule has 8 aliphatic heterocycles. The number of thioether (sulfide) groups is 1. The molecule has 8 aromatic rings. The molecule has 8 saturated heterocycles. The number of hydrogen-bond donors (Lipinski definition) is 8. The van der Waals surface area contributed by atoms with Gasteiger partial charge in [0.2, 0.25) is 0 Å². The highest BCUT2D eigenvalue weighted by Gasteiger charge is 2.34. The van der Waals surface area contributed by atoms with Gasteiger partial charge < -0.3 is 61.5 Å². The van der Waals surface area contributed by atoms with E-state index in [1.54, 1.807) is 85.6 Å². The van der Waals surface area contributed by atoms with Gasteiger partial charge in [-0.2, -0.15) is 0 Å². The molecule has 0 radical (unpaired) electrons. The smallest absolute Gasteiger partial charge is 0.181 e. The van der Waals surface area contributed by atoms with Crippen LogP contribution in [0.2, 0.25) is 5.02 Å². The van der Waals surface area contributed by atoms with E-state index in [4.69, 9.17) is 30.5 Å². The van der Waals surface area contributed by atoms with Crippen LogP contribution in [0.1, 0.15) is 159 Å². The second-order valence-electron chi connectivity index (χ2n) is 37.3. The quantitative estimate of drug-likeness (QED) is 0.0185. The molecule has 20 nitrogen and oxygen atoms in total. The highest BCUT2D eigenvalue weighted by molar-refractivity contribution is 7.99. The van der Waals surface area contributed by atoms with Crippen molar-refractivity contribution in [3.63, 3.8) is 0 Å². The monoisotopic (exact) mass is 2130 g/mol. The van der Waals surface area contributed by atoms with Crippen molar-refractivity contribution >= 4 is 126 Å². The van der Waals surface area contributed by atoms with Crippen LogP contribution < -0.4 is 61.5 Å². The molecule has 139 heavy (non-hydrogen) atoms. The molecular weight excluding hydrogens is 1980 g/mol. The zero-order valence-corrected chi connectivity index (χ0v) is 89.6. The van der Waals surface area contributed by atoms with Crippen LogP contribution in [0.15, 0.2) is 209 Å². The summed E-state index contributed by atoms with van der Waals surface area (Å²) >= 11 is 7.70. The zero-order chi connectivity index (χ0) is 96.3. The summed E-state index contributed by atoms with van der Waals surface area (Å²) in [4.78, 5) is 25.4. The Morgan fingerprint density at radius 1 is 0.417 bits per heavy atom. The van der Waals surface area contributed by atoms with E-state index in [1.807, 2.05) is 73.7 Å². The van der Waals surface area contributed by atoms with Gasteiger partial charge in [0.15, 0.2) is 41.0 Å². The number of carbonyl (C=O) groups excluding carboxylic acids is 2. The third kappa shape index (κ3) is 43.8. The minimum Gasteiger partial charge on any atom is -0.493 e. The second kappa shape index (κ2) is 65.2. The van der Waals surface area contributed by atoms with Gasteiger partial charge in [0, 0.05) is 62.9 Å². The molecule has 16 rings (SSSR count). The van der Waals surface area contributed by atoms with Crippen molar-refractivity contribution in [2.24, 2.45) is 39.9 Å². The Bertz CT molecular complexity index is 5150. The number of benzene rings is 8. The lowest BCUT2D eigenvalue weighted by molar-refractivity contribution is -0.125. The summed E-state index contributed by atoms with van der Waals surface area (Å²) in [5, 5.41) is 26.6. The van der Waals surface area contributed by atoms with Gasteiger partial charge in [-0.1, -0.05) is 161 Å². The first-order valence-electron chi connectivity index (χ1n) is 47.7. The highest BCUT2D eigenvalue weighted by Crippen LogP contribution is 2.37. The van der Waals surface area contributed by atoms with Gasteiger partial charge in [0.25, 0.3) is 0 Å². The molecule has 0 aromatic heterocycles. The van der Waals surface area contributed by atoms with Gasteiger partial charge in [-0.25, -0.2) is 42.8 Å². The number of aryl methyl sites for hydroxylation is 1. The van der Waals surface area contributed by atoms with E-state index in [9.17, 15) is 52.4 Å². The Balaban J connectivity index is 0.000000330. The molecule has 8 N–H and O–H groups in total. The fourth-order valence-corrected chi connectivity index (χ4v) is 23.2. The number of ketones is 2. The maximum atomic E-state index is 13.6. The Morgan fingerprint density at radius 3 is 1.27 bits per heavy atom. The zero-order valence-electron chi connectivity index (χ0n) is 81.5. The minimum absolute atomic E-state index is 0. The Morgan fingerprint density at radius 2 is 0.791 bits per heavy atom. The van der Waals surface area contributed by atoms with Gasteiger partial charge in [-0.3, -0.25) is 9.59 Å². The summed E-state index contributed by atoms with van der Waals surface area (Å²) in [5.74, 6) is 3.96. The van der Waals surface area contributed by atoms with Crippen molar-refractivity contribution in [3.8, 4) is 23.0 Å². The van der Waals surface area contributed by atoms with E-state index in [1.165, 1.54) is 92.8 Å². The molecule has 8 fully saturated rings. The van der Waals surface area contributed by atoms with E-state index in [2.05, 4.69) is 88.4 Å². The number of ether oxygens (including phenoxy) is 4. The van der Waals surface area contributed by atoms with Crippen LogP contribution in [0.5, 0.6) is 23.0 Å². The number of nitrogens with one attached hydrogen (secondary N) is 8. The van der Waals surface area contributed by atoms with Crippen molar-refractivity contribution in [2.75, 3.05) is 149 Å². The summed E-state index contributed by atoms with van der Waals surface area (Å²) in [7, 11) is -8.33. The third-order valence-corrected chi connectivity index (χ3v) is 33.1. The number of rotatable bonds is 26. The van der Waals surface area contributed by atoms with Crippen LogP contribution >= 0.6 is 85.4 Å². The lowest BCUT2D eigenvalue weighted by atomic mass is 9.82. The molecule has 8 aliphatic rings. The normalized spacial score (nSPS) is 17.8. The van der Waals surface area contributed by atoms with Crippen LogP contribution in [-0.4, -0.2) is 191 Å². The average molecular weight is 2130 g/mol. The standard InChI is InChI=1S/C14H18FNO.C14H19NO3S.C14H21NO2.C14H21NO.C13H18ClNO.2C12H16FNO2S.C12H16FNS.5ClH/c1-10(12-4-2-3-5-13(12)15)14(17)11-6-8-16-9-7-11;1-19(17,18)14-5-3-2-4-12(14)10-13(16)11-6-8-15-9-7-11;1-14(7-9-15-10-8-14)11-17-13-6-4-3-5-12(13)16-2;1-12-5-3-4-6-13(12)16-11-14(2)7-9-15-10-8-14;1-13(6-8-15-9-7-13)10-16-12-5-3-2-4-11(12)14;13-11-3-1-2-4-12(11)17(15,16)9-10-5-7-14-8-6-10;13-12-4-2-1-3-10(12)9-17(15,16)11-5-7-14-8-6-11;13-11-3-1-2-4-12(11)15-9-10-5-7-14-8-6-10;;;;;/h2-5,10-11,16H,6-9H2,1H3;2-5,11,15H,6-10H2,1H3;3-6,15H,7-11H2,1-2H3;3-6,15H,7-11H2,1-2H3;2-5,15H,6-10H2,1H3;1-4,10,14H,5-9H2;1-4,11,14H,5-9H2;1-4,10,14H,5-9H2;5*1H. The molecule has 0 bridgehead atoms. The summed E-state index contributed by atoms with van der Waals surface area (Å²) in [5.41, 5.74) is 3.54. The Kier molecular flexibility index (Phi) is 58.6. The van der Waals surface area contributed by atoms with Crippen LogP contribution in [0.25, 0.3) is 0 Å². The fourth-order valence-electron chi connectivity index (χ4n) is 17.3. The highest BCUT2D eigenvalue weighted by atomic mass is 35.5. The number of methoxy groups -OCH3 is 1. The molecule has 776 valence electrons. The van der Waals surface area contributed by atoms with Crippen LogP contribution in [-0.2, 0) is 51.3 Å². The predicted octanol–water partition coefficient (Wildman–Crippen LogP) is 20.2. The van der Waals surface area contributed by atoms with Gasteiger partial charge >= 0.3 is 0 Å². The molecule has 1 unspecified atom stereocenters. The van der Waals surface area contributed by atoms with Gasteiger partial charge in [-0.05, 0) is 316 Å². The van der Waals surface area contributed by atoms with Crippen LogP contribution in [0, 0.1) is 70.1 Å². The van der Waals surface area contributed by atoms with Crippen molar-refractivity contribution in [2.45, 2.75) is 175 Å². The minimum atomic E-state index is -3.49. The Hall–Kier alpha value is -6.36. The van der Waals surface area contributed by atoms with Crippen LogP contribution in [0.4, 0.5) is 17.6 Å². The van der Waals surface area contributed by atoms with E-state index in [0.29, 0.717) is 34.4 Å². The van der Waals surface area contributed by atoms with Crippen molar-refractivity contribution in [1.29, 1.82) is 0 Å². The molecule has 34 heteroatoms. The number of halogens is 10. The number of hydrogen-bond acceptors (Lipinski definition) is 21. The van der Waals surface area contributed by atoms with E-state index in [0.717, 1.165) is 215 Å². The summed E-state index contributed by atoms with van der Waals surface area (Å²) in [6.45, 7) is 28.6. The summed E-state index contributed by atoms with van der Waals surface area (Å²) in [6, 6.07) is 55.7. The Labute approximate surface area is 866 Å². The third-order valence-electron chi connectivity index (χ3n) is 26.2. The number of Topliss-reactive ketones (excluding diaryl/α,β-unsaturated/α-hetero) is 2. The molecule has 8 aromatic carbocycles. The first kappa shape index (κ1) is 125. The van der Waals surface area contributed by atoms with E-state index in [-0.39, 0.29) is 158 Å². The number of para-hydroxylation sites is 4. The molecule has 0 saturated carbocycles. The molecule has 8 heterocycles. The van der Waals surface area contributed by atoms with Gasteiger partial charge in [-0.15, -0.1) is 73.8 Å². The largest absolute Gasteiger partial charge is 0.493 e. The van der Waals surface area contributed by atoms with Gasteiger partial charge in [0.1, 0.15) is 51.2 Å². The molecule has 0 aliphatic carbocycles. The van der Waals surface area contributed by atoms with Crippen molar-refractivity contribution < 1.29 is 71.4 Å². The van der Waals surface area contributed by atoms with E-state index < -0.39 is 41.1 Å².